The van der Waals surface area contributed by atoms with Crippen LogP contribution in [-0.2, 0) is 19.1 Å². The lowest BCUT2D eigenvalue weighted by molar-refractivity contribution is -0.145. The van der Waals surface area contributed by atoms with Crippen molar-refractivity contribution in [2.75, 3.05) is 36.3 Å². The maximum atomic E-state index is 11.2. The summed E-state index contributed by atoms with van der Waals surface area (Å²) in [6.07, 6.45) is 2.10. The number of ether oxygens (including phenoxy) is 5. The average Bonchev–Trinajstić information content (AvgIpc) is 3.03. The summed E-state index contributed by atoms with van der Waals surface area (Å²) >= 11 is 0. The van der Waals surface area contributed by atoms with Gasteiger partial charge in [0.2, 0.25) is 31.4 Å². The lowest BCUT2D eigenvalue weighted by atomic mass is 10.3. The number of hydrogen-bond acceptors (Lipinski definition) is 14. The van der Waals surface area contributed by atoms with Crippen LogP contribution >= 0.6 is 0 Å². The smallest absolute Gasteiger partial charge is 0.333 e. The van der Waals surface area contributed by atoms with Crippen LogP contribution in [0.2, 0.25) is 0 Å². The molecule has 0 unspecified atom stereocenters. The minimum atomic E-state index is -0.586. The van der Waals surface area contributed by atoms with E-state index in [2.05, 4.69) is 44.1 Å². The van der Waals surface area contributed by atoms with Crippen molar-refractivity contribution in [1.82, 2.24) is 15.0 Å². The molecule has 1 heterocycles. The maximum absolute atomic E-state index is 11.2. The van der Waals surface area contributed by atoms with E-state index >= 15 is 0 Å². The van der Waals surface area contributed by atoms with Crippen LogP contribution in [0.15, 0.2) is 98.1 Å². The Kier molecular flexibility index (Phi) is 11.0. The molecule has 0 amide bonds. The molecule has 14 heteroatoms. The lowest BCUT2D eigenvalue weighted by Crippen LogP contribution is -2.08. The zero-order chi connectivity index (χ0) is 31.1. The van der Waals surface area contributed by atoms with Gasteiger partial charge in [-0.05, 0) is 72.8 Å². The fourth-order valence-corrected chi connectivity index (χ4v) is 3.34. The molecule has 0 fully saturated rings. The summed E-state index contributed by atoms with van der Waals surface area (Å²) in [5.41, 5.74) is 1.95. The number of anilines is 6. The van der Waals surface area contributed by atoms with Crippen LogP contribution < -0.4 is 30.2 Å². The van der Waals surface area contributed by atoms with E-state index in [9.17, 15) is 9.59 Å². The first kappa shape index (κ1) is 30.8. The van der Waals surface area contributed by atoms with Crippen molar-refractivity contribution in [2.45, 2.75) is 0 Å². The normalized spacial score (nSPS) is 10.1. The number of aliphatic hydroxyl groups excluding tert-OH is 1. The summed E-state index contributed by atoms with van der Waals surface area (Å²) in [6, 6.07) is 20.5. The number of rotatable bonds is 16. The number of nitrogens with zero attached hydrogens (tertiary/aromatic N) is 3. The van der Waals surface area contributed by atoms with Crippen LogP contribution in [0.1, 0.15) is 0 Å². The van der Waals surface area contributed by atoms with Gasteiger partial charge >= 0.3 is 11.9 Å². The van der Waals surface area contributed by atoms with E-state index < -0.39 is 18.7 Å². The molecule has 3 aromatic carbocycles. The lowest BCUT2D eigenvalue weighted by Gasteiger charge is -2.13. The minimum absolute atomic E-state index is 0.225. The molecule has 0 aliphatic carbocycles. The van der Waals surface area contributed by atoms with Gasteiger partial charge in [-0.3, -0.25) is 0 Å². The second kappa shape index (κ2) is 15.7. The number of hydrogen-bond donors (Lipinski definition) is 4. The molecule has 0 spiro atoms. The number of aromatic nitrogens is 3. The van der Waals surface area contributed by atoms with E-state index in [0.717, 1.165) is 12.2 Å². The molecule has 4 rings (SSSR count). The quantitative estimate of drug-likeness (QED) is 0.0800. The van der Waals surface area contributed by atoms with Crippen LogP contribution in [-0.4, -0.2) is 52.4 Å². The molecule has 14 nitrogen and oxygen atoms in total. The highest BCUT2D eigenvalue weighted by Crippen LogP contribution is 2.24. The third-order valence-corrected chi connectivity index (χ3v) is 5.38. The summed E-state index contributed by atoms with van der Waals surface area (Å²) in [4.78, 5) is 35.8. The largest absolute Gasteiger partial charge is 0.468 e. The van der Waals surface area contributed by atoms with E-state index in [1.165, 1.54) is 0 Å². The highest BCUT2D eigenvalue weighted by atomic mass is 16.7. The van der Waals surface area contributed by atoms with Crippen molar-refractivity contribution in [1.29, 1.82) is 0 Å². The van der Waals surface area contributed by atoms with Gasteiger partial charge in [-0.2, -0.15) is 15.0 Å². The monoisotopic (exact) mass is 600 g/mol. The second-order valence-electron chi connectivity index (χ2n) is 8.39. The summed E-state index contributed by atoms with van der Waals surface area (Å²) < 4.78 is 25.5. The van der Waals surface area contributed by atoms with Gasteiger partial charge in [0.15, 0.2) is 6.79 Å². The molecule has 0 aliphatic heterocycles. The van der Waals surface area contributed by atoms with E-state index in [1.807, 2.05) is 0 Å². The molecule has 0 bridgehead atoms. The number of carbonyl (C=O) groups excluding carboxylic acids is 2. The van der Waals surface area contributed by atoms with Crippen LogP contribution in [0.4, 0.5) is 34.9 Å². The Hall–Kier alpha value is -6.15. The maximum Gasteiger partial charge on any atom is 0.333 e. The van der Waals surface area contributed by atoms with Gasteiger partial charge in [-0.15, -0.1) is 0 Å². The predicted molar refractivity (Wildman–Crippen MR) is 160 cm³/mol. The zero-order valence-corrected chi connectivity index (χ0v) is 23.3. The number of esters is 2. The first-order valence-electron chi connectivity index (χ1n) is 12.9. The Balaban J connectivity index is 1.48. The van der Waals surface area contributed by atoms with Gasteiger partial charge < -0.3 is 44.7 Å². The fraction of sp³-hybridized carbons (Fsp3) is 0.100. The number of carbonyl (C=O) groups is 2. The molecule has 4 N–H and O–H groups in total. The van der Waals surface area contributed by atoms with Gasteiger partial charge in [-0.25, -0.2) is 9.59 Å². The minimum Gasteiger partial charge on any atom is -0.468 e. The Labute approximate surface area is 252 Å². The highest BCUT2D eigenvalue weighted by molar-refractivity contribution is 5.81. The van der Waals surface area contributed by atoms with E-state index in [0.29, 0.717) is 34.3 Å². The first-order valence-corrected chi connectivity index (χ1v) is 12.9. The highest BCUT2D eigenvalue weighted by Gasteiger charge is 2.10. The Morgan fingerprint density at radius 1 is 0.591 bits per heavy atom. The molecule has 0 atom stereocenters. The Bertz CT molecular complexity index is 1470. The van der Waals surface area contributed by atoms with Crippen molar-refractivity contribution >= 4 is 46.8 Å². The van der Waals surface area contributed by atoms with Crippen molar-refractivity contribution in [3.05, 3.63) is 98.1 Å². The summed E-state index contributed by atoms with van der Waals surface area (Å²) in [5.74, 6) is 0.963. The third kappa shape index (κ3) is 9.74. The van der Waals surface area contributed by atoms with Gasteiger partial charge in [0.25, 0.3) is 0 Å². The van der Waals surface area contributed by atoms with Crippen molar-refractivity contribution in [3.8, 4) is 17.2 Å². The molecule has 0 saturated carbocycles. The molecule has 0 radical (unpaired) electrons. The van der Waals surface area contributed by atoms with Gasteiger partial charge in [0, 0.05) is 29.2 Å². The SMILES string of the molecule is C=CC(=O)OCOc1ccc(Nc2nc(Nc3ccc(OCO)cc3)nc(Nc3ccc(OCOC(=O)C=C)cc3)n2)cc1. The number of aliphatic hydroxyl groups is 1. The van der Waals surface area contributed by atoms with Crippen LogP contribution in [0.25, 0.3) is 0 Å². The number of nitrogens with one attached hydrogen (secondary N) is 3. The van der Waals surface area contributed by atoms with E-state index in [-0.39, 0.29) is 31.4 Å². The summed E-state index contributed by atoms with van der Waals surface area (Å²) in [5, 5.41) is 18.3. The third-order valence-electron chi connectivity index (χ3n) is 5.38. The zero-order valence-electron chi connectivity index (χ0n) is 23.3. The van der Waals surface area contributed by atoms with E-state index in [1.54, 1.807) is 72.8 Å². The standard InChI is InChI=1S/C30H28N6O8/c1-3-26(38)43-18-41-24-13-7-21(8-14-24)32-29-34-28(31-20-5-11-23(12-6-20)40-17-37)35-30(36-29)33-22-9-15-25(16-10-22)42-19-44-27(39)4-2/h3-16,37H,1-2,17-19H2,(H3,31,32,33,34,35,36). The molecular formula is C30H28N6O8. The van der Waals surface area contributed by atoms with E-state index in [4.69, 9.17) is 28.8 Å². The van der Waals surface area contributed by atoms with Gasteiger partial charge in [0.05, 0.1) is 0 Å². The number of benzene rings is 3. The van der Waals surface area contributed by atoms with Crippen molar-refractivity contribution in [2.24, 2.45) is 0 Å². The van der Waals surface area contributed by atoms with Crippen molar-refractivity contribution in [3.63, 3.8) is 0 Å². The van der Waals surface area contributed by atoms with Gasteiger partial charge in [0.1, 0.15) is 17.2 Å². The molecule has 44 heavy (non-hydrogen) atoms. The topological polar surface area (TPSA) is 175 Å². The molecule has 226 valence electrons. The van der Waals surface area contributed by atoms with Gasteiger partial charge in [-0.1, -0.05) is 13.2 Å². The molecule has 0 aliphatic rings. The summed E-state index contributed by atoms with van der Waals surface area (Å²) in [6.45, 7) is 5.72. The van der Waals surface area contributed by atoms with Crippen LogP contribution in [0.5, 0.6) is 17.2 Å². The molecule has 4 aromatic rings. The average molecular weight is 601 g/mol. The van der Waals surface area contributed by atoms with Crippen LogP contribution in [0, 0.1) is 0 Å². The Morgan fingerprint density at radius 3 is 1.20 bits per heavy atom. The van der Waals surface area contributed by atoms with Crippen molar-refractivity contribution < 1.29 is 38.4 Å². The fourth-order valence-electron chi connectivity index (χ4n) is 3.34. The Morgan fingerprint density at radius 2 is 0.909 bits per heavy atom. The predicted octanol–water partition coefficient (Wildman–Crippen LogP) is 4.56. The first-order chi connectivity index (χ1) is 21.4. The molecule has 0 saturated heterocycles. The summed E-state index contributed by atoms with van der Waals surface area (Å²) in [7, 11) is 0. The second-order valence-corrected chi connectivity index (χ2v) is 8.39. The molecular weight excluding hydrogens is 572 g/mol. The molecule has 1 aromatic heterocycles. The van der Waals surface area contributed by atoms with Crippen LogP contribution in [0.3, 0.4) is 0 Å².